The smallest absolute Gasteiger partial charge is 0.269 e. The molecule has 0 aliphatic carbocycles. The first-order valence-corrected chi connectivity index (χ1v) is 10.2. The van der Waals surface area contributed by atoms with E-state index < -0.39 is 9.59 Å². The molecule has 0 N–H and O–H groups in total. The fraction of sp³-hybridized carbons (Fsp3) is 0.250. The van der Waals surface area contributed by atoms with Crippen molar-refractivity contribution in [1.82, 2.24) is 0 Å². The first-order chi connectivity index (χ1) is 7.59. The highest BCUT2D eigenvalue weighted by Crippen LogP contribution is 2.75. The maximum atomic E-state index is 10.5. The van der Waals surface area contributed by atoms with Crippen molar-refractivity contribution in [2.24, 2.45) is 0 Å². The van der Waals surface area contributed by atoms with E-state index in [1.54, 1.807) is 23.5 Å². The second-order valence-corrected chi connectivity index (χ2v) is 13.5. The van der Waals surface area contributed by atoms with Crippen LogP contribution in [0.2, 0.25) is 0 Å². The molecule has 0 aromatic heterocycles. The number of hydrogen-bond donors (Lipinski definition) is 0. The molecule has 4 nitrogen and oxygen atoms in total. The van der Waals surface area contributed by atoms with Gasteiger partial charge in [0.25, 0.3) is 5.69 Å². The Morgan fingerprint density at radius 2 is 2.19 bits per heavy atom. The number of nitro groups is 1. The van der Waals surface area contributed by atoms with E-state index in [9.17, 15) is 10.1 Å². The van der Waals surface area contributed by atoms with E-state index in [1.807, 2.05) is 0 Å². The monoisotopic (exact) mass is 293 g/mol. The van der Waals surface area contributed by atoms with Crippen LogP contribution < -0.4 is 0 Å². The molecule has 16 heavy (non-hydrogen) atoms. The van der Waals surface area contributed by atoms with Gasteiger partial charge in [-0.05, 0) is 23.9 Å². The fourth-order valence-corrected chi connectivity index (χ4v) is 9.27. The number of rotatable bonds is 3. The molecule has 1 saturated heterocycles. The van der Waals surface area contributed by atoms with Gasteiger partial charge in [-0.1, -0.05) is 22.8 Å². The van der Waals surface area contributed by atoms with Gasteiger partial charge in [0.1, 0.15) is 0 Å². The summed E-state index contributed by atoms with van der Waals surface area (Å²) in [5, 5.41) is 10.5. The number of hydrogen-bond acceptors (Lipinski definition) is 6. The summed E-state index contributed by atoms with van der Waals surface area (Å²) in [5.41, 5.74) is 0.0982. The van der Waals surface area contributed by atoms with Crippen molar-refractivity contribution in [3.8, 4) is 0 Å². The molecule has 1 aromatic carbocycles. The van der Waals surface area contributed by atoms with Gasteiger partial charge in [0.15, 0.2) is 4.67 Å². The lowest BCUT2D eigenvalue weighted by Gasteiger charge is -2.11. The molecule has 1 fully saturated rings. The van der Waals surface area contributed by atoms with Crippen LogP contribution in [0, 0.1) is 10.1 Å². The number of benzene rings is 1. The Morgan fingerprint density at radius 1 is 1.50 bits per heavy atom. The van der Waals surface area contributed by atoms with Crippen LogP contribution in [0.25, 0.3) is 0 Å². The van der Waals surface area contributed by atoms with Crippen molar-refractivity contribution in [2.75, 3.05) is 12.4 Å². The Balaban J connectivity index is 2.10. The van der Waals surface area contributed by atoms with Gasteiger partial charge in [-0.25, -0.2) is 0 Å². The summed E-state index contributed by atoms with van der Waals surface area (Å²) >= 11 is 8.61. The molecule has 0 amide bonds. The van der Waals surface area contributed by atoms with Crippen LogP contribution in [0.3, 0.4) is 0 Å². The maximum Gasteiger partial charge on any atom is 0.269 e. The predicted molar refractivity (Wildman–Crippen MR) is 71.6 cm³/mol. The highest BCUT2D eigenvalue weighted by atomic mass is 33.2. The predicted octanol–water partition coefficient (Wildman–Crippen LogP) is 3.67. The zero-order chi connectivity index (χ0) is 11.6. The quantitative estimate of drug-likeness (QED) is 0.481. The summed E-state index contributed by atoms with van der Waals surface area (Å²) < 4.78 is 3.71. The number of nitrogens with zero attached hydrogens (tertiary/aromatic N) is 1. The van der Waals surface area contributed by atoms with E-state index >= 15 is 0 Å². The normalized spacial score (nSPS) is 24.5. The molecule has 1 atom stereocenters. The summed E-state index contributed by atoms with van der Waals surface area (Å²) in [7, 11) is 0. The molecule has 1 aliphatic heterocycles. The van der Waals surface area contributed by atoms with Gasteiger partial charge in [-0.2, -0.15) is 0 Å². The molecule has 0 unspecified atom stereocenters. The van der Waals surface area contributed by atoms with Crippen molar-refractivity contribution < 1.29 is 9.45 Å². The van der Waals surface area contributed by atoms with E-state index in [1.165, 1.54) is 23.5 Å². The summed E-state index contributed by atoms with van der Waals surface area (Å²) in [4.78, 5) is 11.0. The lowest BCUT2D eigenvalue weighted by Crippen LogP contribution is -1.86. The van der Waals surface area contributed by atoms with Gasteiger partial charge in [0, 0.05) is 22.8 Å². The molecule has 1 aliphatic rings. The molecule has 8 heteroatoms. The van der Waals surface area contributed by atoms with Crippen molar-refractivity contribution in [2.45, 2.75) is 4.90 Å². The topological polar surface area (TPSA) is 52.4 Å². The van der Waals surface area contributed by atoms with Crippen molar-refractivity contribution >= 4 is 44.9 Å². The van der Waals surface area contributed by atoms with Gasteiger partial charge in [-0.15, -0.1) is 0 Å². The standard InChI is InChI=1S/C8H8NO3PS3/c10-9(11)7-1-3-8(4-2-7)16-13(14)12-5-6-15-13/h1-4H,5-6H2/t13-/m0/s1. The Morgan fingerprint density at radius 3 is 2.69 bits per heavy atom. The maximum absolute atomic E-state index is 10.5. The number of non-ortho nitro benzene ring substituents is 1. The van der Waals surface area contributed by atoms with Gasteiger partial charge in [-0.3, -0.25) is 10.1 Å². The Hall–Kier alpha value is -0.0700. The Bertz CT molecular complexity index is 440. The van der Waals surface area contributed by atoms with Crippen LogP contribution in [-0.2, 0) is 16.3 Å². The van der Waals surface area contributed by atoms with Gasteiger partial charge in [0.05, 0.1) is 11.5 Å². The molecule has 0 radical (unpaired) electrons. The van der Waals surface area contributed by atoms with Crippen molar-refractivity contribution in [1.29, 1.82) is 0 Å². The summed E-state index contributed by atoms with van der Waals surface area (Å²) in [6.45, 7) is 0.710. The minimum Gasteiger partial charge on any atom is -0.333 e. The summed E-state index contributed by atoms with van der Waals surface area (Å²) in [6, 6.07) is 6.42. The SMILES string of the molecule is O=[N+]([O-])c1ccc(S[P@]2(=S)OCCS2)cc1. The highest BCUT2D eigenvalue weighted by molar-refractivity contribution is 8.99. The minimum atomic E-state index is -1.83. The Labute approximate surface area is 106 Å². The number of nitro benzene ring substituents is 1. The van der Waals surface area contributed by atoms with Crippen LogP contribution in [0.4, 0.5) is 5.69 Å². The van der Waals surface area contributed by atoms with Crippen molar-refractivity contribution in [3.63, 3.8) is 0 Å². The minimum absolute atomic E-state index is 0.0982. The molecule has 2 rings (SSSR count). The zero-order valence-electron chi connectivity index (χ0n) is 8.07. The highest BCUT2D eigenvalue weighted by Gasteiger charge is 2.26. The van der Waals surface area contributed by atoms with E-state index in [0.29, 0.717) is 6.61 Å². The molecule has 86 valence electrons. The fourth-order valence-electron chi connectivity index (χ4n) is 1.15. The van der Waals surface area contributed by atoms with Gasteiger partial charge < -0.3 is 4.52 Å². The van der Waals surface area contributed by atoms with E-state index in [4.69, 9.17) is 16.3 Å². The molecule has 1 heterocycles. The van der Waals surface area contributed by atoms with Crippen LogP contribution in [-0.4, -0.2) is 17.3 Å². The van der Waals surface area contributed by atoms with Crippen LogP contribution in [0.15, 0.2) is 29.2 Å². The largest absolute Gasteiger partial charge is 0.333 e. The van der Waals surface area contributed by atoms with Gasteiger partial charge in [0.2, 0.25) is 0 Å². The van der Waals surface area contributed by atoms with Crippen LogP contribution >= 0.6 is 27.4 Å². The first-order valence-electron chi connectivity index (χ1n) is 4.42. The lowest BCUT2D eigenvalue weighted by atomic mass is 10.3. The molecule has 0 spiro atoms. The van der Waals surface area contributed by atoms with E-state index in [0.717, 1.165) is 10.6 Å². The van der Waals surface area contributed by atoms with Crippen LogP contribution in [0.1, 0.15) is 0 Å². The molecule has 0 saturated carbocycles. The third-order valence-electron chi connectivity index (χ3n) is 1.85. The second kappa shape index (κ2) is 5.06. The van der Waals surface area contributed by atoms with Crippen LogP contribution in [0.5, 0.6) is 0 Å². The average molecular weight is 293 g/mol. The third-order valence-corrected chi connectivity index (χ3v) is 10.7. The van der Waals surface area contributed by atoms with Crippen molar-refractivity contribution in [3.05, 3.63) is 34.4 Å². The first kappa shape index (κ1) is 12.4. The molecule has 1 aromatic rings. The van der Waals surface area contributed by atoms with E-state index in [2.05, 4.69) is 0 Å². The zero-order valence-corrected chi connectivity index (χ0v) is 11.4. The lowest BCUT2D eigenvalue weighted by molar-refractivity contribution is -0.384. The molecular weight excluding hydrogens is 285 g/mol. The molecule has 0 bridgehead atoms. The summed E-state index contributed by atoms with van der Waals surface area (Å²) in [5.74, 6) is 0.942. The third kappa shape index (κ3) is 2.99. The van der Waals surface area contributed by atoms with Gasteiger partial charge >= 0.3 is 0 Å². The second-order valence-electron chi connectivity index (χ2n) is 2.96. The Kier molecular flexibility index (Phi) is 3.92. The molecular formula is C8H8NO3PS3. The average Bonchev–Trinajstić information content (AvgIpc) is 2.65. The van der Waals surface area contributed by atoms with E-state index in [-0.39, 0.29) is 5.69 Å². The summed E-state index contributed by atoms with van der Waals surface area (Å²) in [6.07, 6.45) is 0.